The Hall–Kier alpha value is -1.89. The Morgan fingerprint density at radius 3 is 2.75 bits per heavy atom. The van der Waals surface area contributed by atoms with Crippen molar-refractivity contribution in [1.82, 2.24) is 0 Å². The number of hydrogen-bond donors (Lipinski definition) is 0. The van der Waals surface area contributed by atoms with Crippen LogP contribution in [0.25, 0.3) is 0 Å². The highest BCUT2D eigenvalue weighted by atomic mass is 19.3. The summed E-state index contributed by atoms with van der Waals surface area (Å²) in [7, 11) is 1.25. The summed E-state index contributed by atoms with van der Waals surface area (Å²) in [6.07, 6.45) is -2.67. The number of hydrogen-bond acceptors (Lipinski definition) is 2. The van der Waals surface area contributed by atoms with Crippen LogP contribution in [0.15, 0.2) is 24.3 Å². The van der Waals surface area contributed by atoms with Crippen LogP contribution < -0.4 is 0 Å². The van der Waals surface area contributed by atoms with Crippen LogP contribution >= 0.6 is 0 Å². The highest BCUT2D eigenvalue weighted by Crippen LogP contribution is 2.21. The Labute approximate surface area is 92.2 Å². The molecule has 0 N–H and O–H groups in total. The number of alkyl halides is 2. The number of esters is 1. The SMILES string of the molecule is COC(=O)CC#Cc1ccccc1C(F)F. The van der Waals surface area contributed by atoms with E-state index in [1.807, 2.05) is 0 Å². The molecule has 0 spiro atoms. The van der Waals surface area contributed by atoms with Gasteiger partial charge in [-0.2, -0.15) is 0 Å². The van der Waals surface area contributed by atoms with E-state index >= 15 is 0 Å². The second kappa shape index (κ2) is 5.86. The van der Waals surface area contributed by atoms with Gasteiger partial charge in [0.2, 0.25) is 0 Å². The lowest BCUT2D eigenvalue weighted by molar-refractivity contribution is -0.139. The van der Waals surface area contributed by atoms with Crippen LogP contribution in [0, 0.1) is 11.8 Å². The third-order valence-electron chi connectivity index (χ3n) is 1.88. The monoisotopic (exact) mass is 224 g/mol. The first-order valence-corrected chi connectivity index (χ1v) is 4.58. The average Bonchev–Trinajstić information content (AvgIpc) is 2.29. The summed E-state index contributed by atoms with van der Waals surface area (Å²) in [4.78, 5) is 10.7. The molecule has 0 saturated carbocycles. The Bertz CT molecular complexity index is 430. The lowest BCUT2D eigenvalue weighted by Gasteiger charge is -2.01. The summed E-state index contributed by atoms with van der Waals surface area (Å²) in [6, 6.07) is 5.94. The van der Waals surface area contributed by atoms with E-state index in [0.717, 1.165) is 0 Å². The molecule has 0 aliphatic carbocycles. The Balaban J connectivity index is 2.84. The van der Waals surface area contributed by atoms with Crippen LogP contribution in [-0.4, -0.2) is 13.1 Å². The number of halogens is 2. The minimum absolute atomic E-state index is 0.103. The molecule has 4 heteroatoms. The number of carbonyl (C=O) groups excluding carboxylic acids is 1. The molecule has 2 nitrogen and oxygen atoms in total. The number of ether oxygens (including phenoxy) is 1. The first kappa shape index (κ1) is 12.2. The van der Waals surface area contributed by atoms with Gasteiger partial charge in [0.15, 0.2) is 0 Å². The molecule has 0 unspecified atom stereocenters. The fourth-order valence-corrected chi connectivity index (χ4v) is 1.08. The molecule has 0 radical (unpaired) electrons. The predicted octanol–water partition coefficient (Wildman–Crippen LogP) is 2.54. The molecule has 0 saturated heterocycles. The zero-order valence-electron chi connectivity index (χ0n) is 8.67. The van der Waals surface area contributed by atoms with Crippen LogP contribution in [0.2, 0.25) is 0 Å². The molecule has 16 heavy (non-hydrogen) atoms. The molecule has 1 aromatic rings. The van der Waals surface area contributed by atoms with Crippen molar-refractivity contribution in [1.29, 1.82) is 0 Å². The molecule has 0 fully saturated rings. The van der Waals surface area contributed by atoms with E-state index in [0.29, 0.717) is 0 Å². The van der Waals surface area contributed by atoms with Gasteiger partial charge in [0.25, 0.3) is 6.43 Å². The molecule has 0 atom stereocenters. The van der Waals surface area contributed by atoms with Gasteiger partial charge in [-0.1, -0.05) is 30.0 Å². The molecule has 84 valence electrons. The van der Waals surface area contributed by atoms with E-state index in [1.54, 1.807) is 6.07 Å². The summed E-state index contributed by atoms with van der Waals surface area (Å²) in [6.45, 7) is 0. The summed E-state index contributed by atoms with van der Waals surface area (Å²) >= 11 is 0. The van der Waals surface area contributed by atoms with Gasteiger partial charge >= 0.3 is 5.97 Å². The standard InChI is InChI=1S/C12H10F2O2/c1-16-11(15)8-4-6-9-5-2-3-7-10(9)12(13)14/h2-3,5,7,12H,8H2,1H3. The van der Waals surface area contributed by atoms with Gasteiger partial charge in [-0.15, -0.1) is 0 Å². The normalized spacial score (nSPS) is 9.50. The maximum absolute atomic E-state index is 12.5. The summed E-state index contributed by atoms with van der Waals surface area (Å²) in [5, 5.41) is 0. The molecule has 0 aromatic heterocycles. The van der Waals surface area contributed by atoms with Crippen LogP contribution in [0.1, 0.15) is 24.0 Å². The maximum Gasteiger partial charge on any atom is 0.317 e. The lowest BCUT2D eigenvalue weighted by atomic mass is 10.1. The first-order chi connectivity index (χ1) is 7.65. The van der Waals surface area contributed by atoms with E-state index in [4.69, 9.17) is 0 Å². The Morgan fingerprint density at radius 2 is 2.12 bits per heavy atom. The van der Waals surface area contributed by atoms with Crippen molar-refractivity contribution >= 4 is 5.97 Å². The summed E-state index contributed by atoms with van der Waals surface area (Å²) in [5.74, 6) is 4.53. The third kappa shape index (κ3) is 3.35. The van der Waals surface area contributed by atoms with Gasteiger partial charge in [-0.05, 0) is 6.07 Å². The third-order valence-corrected chi connectivity index (χ3v) is 1.88. The summed E-state index contributed by atoms with van der Waals surface area (Å²) in [5.41, 5.74) is 0.112. The van der Waals surface area contributed by atoms with Crippen molar-refractivity contribution < 1.29 is 18.3 Å². The smallest absolute Gasteiger partial charge is 0.317 e. The van der Waals surface area contributed by atoms with E-state index < -0.39 is 12.4 Å². The van der Waals surface area contributed by atoms with Crippen molar-refractivity contribution in [3.05, 3.63) is 35.4 Å². The Morgan fingerprint density at radius 1 is 1.44 bits per heavy atom. The Kier molecular flexibility index (Phi) is 4.46. The van der Waals surface area contributed by atoms with Crippen LogP contribution in [0.5, 0.6) is 0 Å². The minimum Gasteiger partial charge on any atom is -0.468 e. The van der Waals surface area contributed by atoms with Crippen molar-refractivity contribution in [3.8, 4) is 11.8 Å². The minimum atomic E-state index is -2.57. The summed E-state index contributed by atoms with van der Waals surface area (Å²) < 4.78 is 29.4. The highest BCUT2D eigenvalue weighted by molar-refractivity contribution is 5.72. The molecule has 1 rings (SSSR count). The number of methoxy groups -OCH3 is 1. The second-order valence-electron chi connectivity index (χ2n) is 2.94. The quantitative estimate of drug-likeness (QED) is 0.570. The number of carbonyl (C=O) groups is 1. The lowest BCUT2D eigenvalue weighted by Crippen LogP contribution is -1.97. The van der Waals surface area contributed by atoms with E-state index in [2.05, 4.69) is 16.6 Å². The van der Waals surface area contributed by atoms with E-state index in [1.165, 1.54) is 25.3 Å². The van der Waals surface area contributed by atoms with Crippen molar-refractivity contribution in [2.75, 3.05) is 7.11 Å². The molecular formula is C12H10F2O2. The molecule has 0 amide bonds. The predicted molar refractivity (Wildman–Crippen MR) is 54.9 cm³/mol. The van der Waals surface area contributed by atoms with Gasteiger partial charge < -0.3 is 4.74 Å². The van der Waals surface area contributed by atoms with Gasteiger partial charge in [0.1, 0.15) is 6.42 Å². The number of rotatable bonds is 2. The van der Waals surface area contributed by atoms with Crippen LogP contribution in [0.4, 0.5) is 8.78 Å². The molecule has 1 aromatic carbocycles. The zero-order valence-corrected chi connectivity index (χ0v) is 8.67. The maximum atomic E-state index is 12.5. The van der Waals surface area contributed by atoms with Crippen LogP contribution in [-0.2, 0) is 9.53 Å². The van der Waals surface area contributed by atoms with Gasteiger partial charge in [-0.3, -0.25) is 4.79 Å². The van der Waals surface area contributed by atoms with Crippen molar-refractivity contribution in [2.24, 2.45) is 0 Å². The van der Waals surface area contributed by atoms with Gasteiger partial charge in [0.05, 0.1) is 7.11 Å². The largest absolute Gasteiger partial charge is 0.468 e. The van der Waals surface area contributed by atoms with Crippen molar-refractivity contribution in [2.45, 2.75) is 12.8 Å². The van der Waals surface area contributed by atoms with E-state index in [-0.39, 0.29) is 17.5 Å². The molecule has 0 aliphatic heterocycles. The molecule has 0 heterocycles. The molecule has 0 aliphatic rings. The molecule has 0 bridgehead atoms. The van der Waals surface area contributed by atoms with Crippen LogP contribution in [0.3, 0.4) is 0 Å². The first-order valence-electron chi connectivity index (χ1n) is 4.58. The fraction of sp³-hybridized carbons (Fsp3) is 0.250. The van der Waals surface area contributed by atoms with E-state index in [9.17, 15) is 13.6 Å². The van der Waals surface area contributed by atoms with Gasteiger partial charge in [-0.25, -0.2) is 8.78 Å². The zero-order chi connectivity index (χ0) is 12.0. The fourth-order valence-electron chi connectivity index (χ4n) is 1.08. The van der Waals surface area contributed by atoms with Gasteiger partial charge in [0, 0.05) is 11.1 Å². The number of benzene rings is 1. The van der Waals surface area contributed by atoms with Crippen molar-refractivity contribution in [3.63, 3.8) is 0 Å². The topological polar surface area (TPSA) is 26.3 Å². The average molecular weight is 224 g/mol. The molecular weight excluding hydrogens is 214 g/mol. The second-order valence-corrected chi connectivity index (χ2v) is 2.94. The highest BCUT2D eigenvalue weighted by Gasteiger charge is 2.09.